The molecular weight excluding hydrogens is 332 g/mol. The monoisotopic (exact) mass is 356 g/mol. The van der Waals surface area contributed by atoms with Crippen molar-refractivity contribution in [3.8, 4) is 0 Å². The van der Waals surface area contributed by atoms with Crippen molar-refractivity contribution in [1.29, 1.82) is 0 Å². The van der Waals surface area contributed by atoms with Crippen LogP contribution in [0.4, 0.5) is 5.82 Å². The van der Waals surface area contributed by atoms with E-state index in [-0.39, 0.29) is 5.92 Å². The van der Waals surface area contributed by atoms with Crippen molar-refractivity contribution in [2.24, 2.45) is 5.92 Å². The van der Waals surface area contributed by atoms with Gasteiger partial charge in [0.15, 0.2) is 0 Å². The third kappa shape index (κ3) is 4.21. The van der Waals surface area contributed by atoms with Crippen LogP contribution >= 0.6 is 0 Å². The lowest BCUT2D eigenvalue weighted by Gasteiger charge is -2.29. The predicted octanol–water partition coefficient (Wildman–Crippen LogP) is 0.264. The lowest BCUT2D eigenvalue weighted by atomic mass is 9.94. The van der Waals surface area contributed by atoms with Crippen LogP contribution in [0.3, 0.4) is 0 Å². The Morgan fingerprint density at radius 1 is 1.42 bits per heavy atom. The SMILES string of the molecule is Cc1ccc(NC[C@@H]2CO[C@]3(COCCN(S(C)(=O)=O)C3)C2)nn1. The van der Waals surface area contributed by atoms with Crippen molar-refractivity contribution in [2.45, 2.75) is 18.9 Å². The number of aromatic nitrogens is 2. The lowest BCUT2D eigenvalue weighted by molar-refractivity contribution is -0.0511. The van der Waals surface area contributed by atoms with Crippen molar-refractivity contribution >= 4 is 15.8 Å². The molecule has 0 bridgehead atoms. The Kier molecular flexibility index (Phi) is 5.05. The van der Waals surface area contributed by atoms with Crippen LogP contribution in [-0.2, 0) is 19.5 Å². The lowest BCUT2D eigenvalue weighted by Crippen LogP contribution is -2.46. The molecule has 0 aliphatic carbocycles. The number of nitrogens with one attached hydrogen (secondary N) is 1. The third-order valence-corrected chi connectivity index (χ3v) is 5.69. The molecule has 24 heavy (non-hydrogen) atoms. The highest BCUT2D eigenvalue weighted by Gasteiger charge is 2.44. The number of nitrogens with zero attached hydrogens (tertiary/aromatic N) is 3. The summed E-state index contributed by atoms with van der Waals surface area (Å²) in [6.45, 7) is 4.74. The molecule has 0 saturated carbocycles. The maximum atomic E-state index is 11.9. The molecule has 1 aromatic heterocycles. The Bertz CT molecular complexity index is 667. The van der Waals surface area contributed by atoms with Crippen LogP contribution in [-0.4, -0.2) is 74.2 Å². The first kappa shape index (κ1) is 17.5. The molecule has 0 aromatic carbocycles. The molecule has 8 nitrogen and oxygen atoms in total. The summed E-state index contributed by atoms with van der Waals surface area (Å²) < 4.78 is 36.8. The molecule has 1 N–H and O–H groups in total. The summed E-state index contributed by atoms with van der Waals surface area (Å²) in [6.07, 6.45) is 1.99. The van der Waals surface area contributed by atoms with E-state index in [4.69, 9.17) is 9.47 Å². The van der Waals surface area contributed by atoms with E-state index in [9.17, 15) is 8.42 Å². The van der Waals surface area contributed by atoms with Crippen molar-refractivity contribution < 1.29 is 17.9 Å². The molecule has 2 saturated heterocycles. The van der Waals surface area contributed by atoms with Gasteiger partial charge in [-0.1, -0.05) is 0 Å². The Morgan fingerprint density at radius 3 is 2.96 bits per heavy atom. The Balaban J connectivity index is 1.59. The zero-order valence-corrected chi connectivity index (χ0v) is 14.9. The number of anilines is 1. The van der Waals surface area contributed by atoms with E-state index in [0.717, 1.165) is 17.9 Å². The minimum absolute atomic E-state index is 0.274. The van der Waals surface area contributed by atoms with Crippen molar-refractivity contribution in [2.75, 3.05) is 51.0 Å². The maximum Gasteiger partial charge on any atom is 0.211 e. The molecule has 3 heterocycles. The summed E-state index contributed by atoms with van der Waals surface area (Å²) in [5.41, 5.74) is 0.324. The van der Waals surface area contributed by atoms with Crippen LogP contribution in [0.1, 0.15) is 12.1 Å². The molecule has 2 fully saturated rings. The number of rotatable bonds is 4. The molecule has 0 amide bonds. The Hall–Kier alpha value is -1.29. The molecule has 0 radical (unpaired) electrons. The second-order valence-corrected chi connectivity index (χ2v) is 8.64. The third-order valence-electron chi connectivity index (χ3n) is 4.44. The van der Waals surface area contributed by atoms with Gasteiger partial charge in [0.2, 0.25) is 10.0 Å². The van der Waals surface area contributed by atoms with Crippen LogP contribution in [0.2, 0.25) is 0 Å². The highest BCUT2D eigenvalue weighted by molar-refractivity contribution is 7.88. The Labute approximate surface area is 142 Å². The summed E-state index contributed by atoms with van der Waals surface area (Å²) in [7, 11) is -3.25. The number of ether oxygens (including phenoxy) is 2. The number of hydrogen-bond donors (Lipinski definition) is 1. The quantitative estimate of drug-likeness (QED) is 0.827. The Morgan fingerprint density at radius 2 is 2.25 bits per heavy atom. The van der Waals surface area contributed by atoms with Crippen LogP contribution in [0, 0.1) is 12.8 Å². The van der Waals surface area contributed by atoms with E-state index in [1.54, 1.807) is 0 Å². The first-order valence-electron chi connectivity index (χ1n) is 8.07. The topological polar surface area (TPSA) is 93.7 Å². The average Bonchev–Trinajstić information content (AvgIpc) is 2.78. The minimum atomic E-state index is -3.25. The zero-order valence-electron chi connectivity index (χ0n) is 14.1. The molecule has 3 rings (SSSR count). The second-order valence-electron chi connectivity index (χ2n) is 6.65. The van der Waals surface area contributed by atoms with Gasteiger partial charge in [0.1, 0.15) is 11.4 Å². The fourth-order valence-corrected chi connectivity index (χ4v) is 4.05. The van der Waals surface area contributed by atoms with Gasteiger partial charge in [-0.15, -0.1) is 5.10 Å². The fraction of sp³-hybridized carbons (Fsp3) is 0.733. The van der Waals surface area contributed by atoms with E-state index in [1.165, 1.54) is 10.6 Å². The predicted molar refractivity (Wildman–Crippen MR) is 89.3 cm³/mol. The van der Waals surface area contributed by atoms with E-state index in [1.807, 2.05) is 19.1 Å². The minimum Gasteiger partial charge on any atom is -0.377 e. The number of sulfonamides is 1. The highest BCUT2D eigenvalue weighted by atomic mass is 32.2. The average molecular weight is 356 g/mol. The molecule has 134 valence electrons. The van der Waals surface area contributed by atoms with Crippen molar-refractivity contribution in [3.05, 3.63) is 17.8 Å². The van der Waals surface area contributed by atoms with E-state index in [0.29, 0.717) is 39.5 Å². The molecule has 2 aliphatic rings. The first-order valence-corrected chi connectivity index (χ1v) is 9.92. The van der Waals surface area contributed by atoms with Gasteiger partial charge in [0, 0.05) is 25.6 Å². The van der Waals surface area contributed by atoms with E-state index >= 15 is 0 Å². The number of hydrogen-bond acceptors (Lipinski definition) is 7. The molecular formula is C15H24N4O4S. The van der Waals surface area contributed by atoms with Gasteiger partial charge in [0.05, 0.1) is 31.8 Å². The van der Waals surface area contributed by atoms with Gasteiger partial charge in [0.25, 0.3) is 0 Å². The number of aryl methyl sites for hydroxylation is 1. The molecule has 2 aliphatic heterocycles. The van der Waals surface area contributed by atoms with E-state index < -0.39 is 15.6 Å². The van der Waals surface area contributed by atoms with E-state index in [2.05, 4.69) is 15.5 Å². The summed E-state index contributed by atoms with van der Waals surface area (Å²) >= 11 is 0. The largest absolute Gasteiger partial charge is 0.377 e. The van der Waals surface area contributed by atoms with Gasteiger partial charge in [-0.2, -0.15) is 9.40 Å². The summed E-state index contributed by atoms with van der Waals surface area (Å²) in [5.74, 6) is 1.01. The summed E-state index contributed by atoms with van der Waals surface area (Å²) in [5, 5.41) is 11.4. The fourth-order valence-electron chi connectivity index (χ4n) is 3.18. The van der Waals surface area contributed by atoms with Crippen molar-refractivity contribution in [1.82, 2.24) is 14.5 Å². The van der Waals surface area contributed by atoms with Gasteiger partial charge < -0.3 is 14.8 Å². The van der Waals surface area contributed by atoms with Crippen molar-refractivity contribution in [3.63, 3.8) is 0 Å². The molecule has 1 spiro atoms. The maximum absolute atomic E-state index is 11.9. The molecule has 0 unspecified atom stereocenters. The highest BCUT2D eigenvalue weighted by Crippen LogP contribution is 2.33. The normalized spacial score (nSPS) is 28.8. The summed E-state index contributed by atoms with van der Waals surface area (Å²) in [4.78, 5) is 0. The second kappa shape index (κ2) is 6.91. The van der Waals surface area contributed by atoms with Gasteiger partial charge in [-0.05, 0) is 25.5 Å². The molecule has 2 atom stereocenters. The van der Waals surface area contributed by atoms with Crippen LogP contribution in [0.15, 0.2) is 12.1 Å². The standard InChI is InChI=1S/C15H24N4O4S/c1-12-3-4-14(18-17-12)16-8-13-7-15(23-9-13)10-19(24(2,20)21)5-6-22-11-15/h3-4,13H,5-11H2,1-2H3,(H,16,18)/t13-,15-/m1/s1. The van der Waals surface area contributed by atoms with Crippen LogP contribution in [0.25, 0.3) is 0 Å². The first-order chi connectivity index (χ1) is 11.4. The molecule has 1 aromatic rings. The van der Waals surface area contributed by atoms with Gasteiger partial charge in [-0.3, -0.25) is 0 Å². The van der Waals surface area contributed by atoms with Crippen LogP contribution < -0.4 is 5.32 Å². The smallest absolute Gasteiger partial charge is 0.211 e. The van der Waals surface area contributed by atoms with Crippen LogP contribution in [0.5, 0.6) is 0 Å². The summed E-state index contributed by atoms with van der Waals surface area (Å²) in [6, 6.07) is 3.80. The van der Waals surface area contributed by atoms with Gasteiger partial charge in [-0.25, -0.2) is 8.42 Å². The molecule has 9 heteroatoms. The van der Waals surface area contributed by atoms with Gasteiger partial charge >= 0.3 is 0 Å². The zero-order chi connectivity index (χ0) is 17.2.